The maximum Gasteiger partial charge on any atom is 0.0248 e. The van der Waals surface area contributed by atoms with Crippen LogP contribution in [0.1, 0.15) is 59.3 Å². The van der Waals surface area contributed by atoms with Gasteiger partial charge >= 0.3 is 0 Å². The van der Waals surface area contributed by atoms with Crippen LogP contribution in [0.15, 0.2) is 0 Å². The predicted molar refractivity (Wildman–Crippen MR) is 90.4 cm³/mol. The van der Waals surface area contributed by atoms with Gasteiger partial charge < -0.3 is 10.2 Å². The fraction of sp³-hybridized carbons (Fsp3) is 1.00. The van der Waals surface area contributed by atoms with E-state index in [1.54, 1.807) is 19.3 Å². The molecule has 0 aromatic rings. The van der Waals surface area contributed by atoms with Crippen molar-refractivity contribution < 1.29 is 0 Å². The van der Waals surface area contributed by atoms with Gasteiger partial charge in [0.15, 0.2) is 0 Å². The van der Waals surface area contributed by atoms with Crippen molar-refractivity contribution in [1.29, 1.82) is 0 Å². The molecule has 0 saturated heterocycles. The number of hydrogen-bond acceptors (Lipinski definition) is 2. The second-order valence-electron chi connectivity index (χ2n) is 9.05. The van der Waals surface area contributed by atoms with E-state index in [1.807, 2.05) is 0 Å². The monoisotopic (exact) mass is 292 g/mol. The SMILES string of the molecule is CNC(CN(C)C(C)C(C)C)C12CC3CC(CC(C3)C1)C2. The summed E-state index contributed by atoms with van der Waals surface area (Å²) in [6, 6.07) is 1.37. The smallest absolute Gasteiger partial charge is 0.0248 e. The third kappa shape index (κ3) is 2.91. The Morgan fingerprint density at radius 3 is 1.86 bits per heavy atom. The average Bonchev–Trinajstić information content (AvgIpc) is 2.41. The zero-order chi connectivity index (χ0) is 15.2. The molecule has 0 aliphatic heterocycles. The summed E-state index contributed by atoms with van der Waals surface area (Å²) < 4.78 is 0. The van der Waals surface area contributed by atoms with Crippen LogP contribution in [0.2, 0.25) is 0 Å². The summed E-state index contributed by atoms with van der Waals surface area (Å²) in [4.78, 5) is 2.60. The van der Waals surface area contributed by atoms with Crippen LogP contribution >= 0.6 is 0 Å². The molecule has 4 saturated carbocycles. The van der Waals surface area contributed by atoms with E-state index in [0.717, 1.165) is 23.7 Å². The molecule has 4 bridgehead atoms. The summed E-state index contributed by atoms with van der Waals surface area (Å²) in [6.07, 6.45) is 9.17. The Balaban J connectivity index is 1.71. The first-order chi connectivity index (χ1) is 9.93. The van der Waals surface area contributed by atoms with Gasteiger partial charge in [0.2, 0.25) is 0 Å². The van der Waals surface area contributed by atoms with Crippen LogP contribution in [0.4, 0.5) is 0 Å². The van der Waals surface area contributed by atoms with Gasteiger partial charge in [0, 0.05) is 18.6 Å². The highest BCUT2D eigenvalue weighted by Crippen LogP contribution is 2.61. The molecule has 0 aromatic heterocycles. The van der Waals surface area contributed by atoms with Gasteiger partial charge in [-0.05, 0) is 88.6 Å². The van der Waals surface area contributed by atoms with E-state index >= 15 is 0 Å². The third-order valence-electron chi connectivity index (χ3n) is 7.30. The summed E-state index contributed by atoms with van der Waals surface area (Å²) in [5.74, 6) is 3.91. The van der Waals surface area contributed by atoms with Gasteiger partial charge in [-0.25, -0.2) is 0 Å². The van der Waals surface area contributed by atoms with Crippen molar-refractivity contribution in [3.8, 4) is 0 Å². The number of nitrogens with one attached hydrogen (secondary N) is 1. The molecule has 4 aliphatic rings. The highest BCUT2D eigenvalue weighted by atomic mass is 15.2. The molecular formula is C19H36N2. The van der Waals surface area contributed by atoms with Gasteiger partial charge in [-0.15, -0.1) is 0 Å². The first-order valence-electron chi connectivity index (χ1n) is 9.31. The maximum atomic E-state index is 3.74. The van der Waals surface area contributed by atoms with Crippen molar-refractivity contribution in [2.45, 2.75) is 71.4 Å². The quantitative estimate of drug-likeness (QED) is 0.802. The van der Waals surface area contributed by atoms with Crippen molar-refractivity contribution in [3.63, 3.8) is 0 Å². The molecule has 2 atom stereocenters. The Kier molecular flexibility index (Phi) is 4.40. The first-order valence-corrected chi connectivity index (χ1v) is 9.31. The van der Waals surface area contributed by atoms with E-state index in [-0.39, 0.29) is 0 Å². The summed E-state index contributed by atoms with van der Waals surface area (Å²) in [7, 11) is 4.53. The van der Waals surface area contributed by atoms with E-state index in [0.29, 0.717) is 17.5 Å². The second-order valence-corrected chi connectivity index (χ2v) is 9.05. The molecule has 1 N–H and O–H groups in total. The van der Waals surface area contributed by atoms with Crippen molar-refractivity contribution in [3.05, 3.63) is 0 Å². The second kappa shape index (κ2) is 5.85. The molecule has 0 aromatic carbocycles. The molecule has 0 radical (unpaired) electrons. The molecule has 0 amide bonds. The summed E-state index contributed by atoms with van der Waals surface area (Å²) >= 11 is 0. The standard InChI is InChI=1S/C19H36N2/c1-13(2)14(3)21(5)12-18(20-4)19-9-15-6-16(10-19)8-17(7-15)11-19/h13-18,20H,6-12H2,1-5H3. The number of nitrogens with zero attached hydrogens (tertiary/aromatic N) is 1. The van der Waals surface area contributed by atoms with Crippen LogP contribution in [-0.2, 0) is 0 Å². The highest BCUT2D eigenvalue weighted by Gasteiger charge is 2.53. The summed E-state index contributed by atoms with van der Waals surface area (Å²) in [6.45, 7) is 8.31. The van der Waals surface area contributed by atoms with E-state index in [4.69, 9.17) is 0 Å². The summed E-state index contributed by atoms with van der Waals surface area (Å²) in [5, 5.41) is 3.74. The molecule has 122 valence electrons. The fourth-order valence-electron chi connectivity index (χ4n) is 6.16. The highest BCUT2D eigenvalue weighted by molar-refractivity contribution is 5.06. The largest absolute Gasteiger partial charge is 0.315 e. The van der Waals surface area contributed by atoms with Gasteiger partial charge in [-0.3, -0.25) is 0 Å². The molecule has 2 nitrogen and oxygen atoms in total. The number of hydrogen-bond donors (Lipinski definition) is 1. The van der Waals surface area contributed by atoms with Gasteiger partial charge in [0.1, 0.15) is 0 Å². The lowest BCUT2D eigenvalue weighted by molar-refractivity contribution is -0.0784. The molecule has 4 fully saturated rings. The topological polar surface area (TPSA) is 15.3 Å². The Hall–Kier alpha value is -0.0800. The fourth-order valence-corrected chi connectivity index (χ4v) is 6.16. The number of rotatable bonds is 6. The minimum atomic E-state index is 0.620. The van der Waals surface area contributed by atoms with Crippen LogP contribution in [0.5, 0.6) is 0 Å². The molecule has 21 heavy (non-hydrogen) atoms. The van der Waals surface area contributed by atoms with Gasteiger partial charge in [0.25, 0.3) is 0 Å². The van der Waals surface area contributed by atoms with Gasteiger partial charge in [0.05, 0.1) is 0 Å². The summed E-state index contributed by atoms with van der Waals surface area (Å²) in [5.41, 5.74) is 0.620. The normalized spacial score (nSPS) is 41.0. The van der Waals surface area contributed by atoms with Gasteiger partial charge in [-0.1, -0.05) is 13.8 Å². The Bertz CT molecular complexity index is 327. The minimum Gasteiger partial charge on any atom is -0.315 e. The van der Waals surface area contributed by atoms with Gasteiger partial charge in [-0.2, -0.15) is 0 Å². The molecular weight excluding hydrogens is 256 g/mol. The lowest BCUT2D eigenvalue weighted by atomic mass is 9.47. The molecule has 0 spiro atoms. The zero-order valence-electron chi connectivity index (χ0n) is 14.9. The minimum absolute atomic E-state index is 0.620. The van der Waals surface area contributed by atoms with E-state index < -0.39 is 0 Å². The first kappa shape index (κ1) is 15.8. The molecule has 4 rings (SSSR count). The van der Waals surface area contributed by atoms with E-state index in [9.17, 15) is 0 Å². The van der Waals surface area contributed by atoms with Crippen LogP contribution < -0.4 is 5.32 Å². The van der Waals surface area contributed by atoms with E-state index in [2.05, 4.69) is 45.1 Å². The lowest BCUT2D eigenvalue weighted by Gasteiger charge is -2.60. The van der Waals surface area contributed by atoms with E-state index in [1.165, 1.54) is 25.8 Å². The predicted octanol–water partition coefficient (Wildman–Crippen LogP) is 3.77. The van der Waals surface area contributed by atoms with Crippen molar-refractivity contribution in [2.24, 2.45) is 29.1 Å². The zero-order valence-corrected chi connectivity index (χ0v) is 14.9. The van der Waals surface area contributed by atoms with Crippen LogP contribution in [-0.4, -0.2) is 37.6 Å². The maximum absolute atomic E-state index is 3.74. The molecule has 2 heteroatoms. The van der Waals surface area contributed by atoms with Crippen molar-refractivity contribution in [2.75, 3.05) is 20.6 Å². The molecule has 2 unspecified atom stereocenters. The average molecular weight is 293 g/mol. The molecule has 0 heterocycles. The van der Waals surface area contributed by atoms with Crippen LogP contribution in [0, 0.1) is 29.1 Å². The Labute approximate surface area is 132 Å². The van der Waals surface area contributed by atoms with Crippen LogP contribution in [0.25, 0.3) is 0 Å². The molecule has 4 aliphatic carbocycles. The Morgan fingerprint density at radius 1 is 1.00 bits per heavy atom. The lowest BCUT2D eigenvalue weighted by Crippen LogP contribution is -2.59. The van der Waals surface area contributed by atoms with Crippen molar-refractivity contribution in [1.82, 2.24) is 10.2 Å². The third-order valence-corrected chi connectivity index (χ3v) is 7.30. The van der Waals surface area contributed by atoms with Crippen LogP contribution in [0.3, 0.4) is 0 Å². The Morgan fingerprint density at radius 2 is 1.48 bits per heavy atom. The number of likely N-dealkylation sites (N-methyl/N-ethyl adjacent to an activating group) is 2. The van der Waals surface area contributed by atoms with Crippen molar-refractivity contribution >= 4 is 0 Å².